The summed E-state index contributed by atoms with van der Waals surface area (Å²) in [6, 6.07) is 8.08. The van der Waals surface area contributed by atoms with Crippen LogP contribution in [0.3, 0.4) is 0 Å². The zero-order valence-corrected chi connectivity index (χ0v) is 12.3. The number of rotatable bonds is 2. The Bertz CT molecular complexity index is 474. The van der Waals surface area contributed by atoms with E-state index in [2.05, 4.69) is 24.4 Å². The van der Waals surface area contributed by atoms with Gasteiger partial charge in [0.25, 0.3) is 5.91 Å². The summed E-state index contributed by atoms with van der Waals surface area (Å²) in [5.74, 6) is 0.192. The van der Waals surface area contributed by atoms with Crippen molar-refractivity contribution in [2.45, 2.75) is 44.6 Å². The molecule has 3 rings (SSSR count). The number of benzene rings is 1. The molecule has 0 bridgehead atoms. The molecule has 1 amide bonds. The number of nitrogens with zero attached hydrogens (tertiary/aromatic N) is 1. The van der Waals surface area contributed by atoms with Crippen LogP contribution in [0, 0.1) is 0 Å². The number of likely N-dealkylation sites (tertiary alicyclic amines) is 1. The van der Waals surface area contributed by atoms with Crippen LogP contribution < -0.4 is 5.32 Å². The van der Waals surface area contributed by atoms with Crippen LogP contribution in [0.1, 0.15) is 48.5 Å². The van der Waals surface area contributed by atoms with Crippen LogP contribution >= 0.6 is 0 Å². The fourth-order valence-corrected chi connectivity index (χ4v) is 3.49. The fourth-order valence-electron chi connectivity index (χ4n) is 3.49. The van der Waals surface area contributed by atoms with Gasteiger partial charge >= 0.3 is 0 Å². The summed E-state index contributed by atoms with van der Waals surface area (Å²) in [5.41, 5.74) is 2.32. The topological polar surface area (TPSA) is 32.3 Å². The normalized spacial score (nSPS) is 26.1. The van der Waals surface area contributed by atoms with E-state index in [1.807, 2.05) is 17.0 Å². The number of hydrogen-bond donors (Lipinski definition) is 1. The van der Waals surface area contributed by atoms with Crippen molar-refractivity contribution in [3.8, 4) is 0 Å². The number of carbonyl (C=O) groups excluding carboxylic acids is 1. The number of nitrogens with one attached hydrogen (secondary N) is 1. The Kier molecular flexibility index (Phi) is 3.79. The van der Waals surface area contributed by atoms with Crippen LogP contribution in [0.2, 0.25) is 0 Å². The summed E-state index contributed by atoms with van der Waals surface area (Å²) in [7, 11) is 0. The van der Waals surface area contributed by atoms with Crippen molar-refractivity contribution in [1.29, 1.82) is 0 Å². The minimum atomic E-state index is 0.192. The largest absolute Gasteiger partial charge is 0.337 e. The Morgan fingerprint density at radius 1 is 1.25 bits per heavy atom. The van der Waals surface area contributed by atoms with Crippen molar-refractivity contribution in [3.63, 3.8) is 0 Å². The van der Waals surface area contributed by atoms with Gasteiger partial charge in [0, 0.05) is 24.2 Å². The van der Waals surface area contributed by atoms with E-state index in [1.54, 1.807) is 0 Å². The van der Waals surface area contributed by atoms with Crippen LogP contribution in [0.15, 0.2) is 24.3 Å². The minimum Gasteiger partial charge on any atom is -0.337 e. The molecule has 2 heterocycles. The number of hydrogen-bond acceptors (Lipinski definition) is 2. The van der Waals surface area contributed by atoms with E-state index in [0.29, 0.717) is 0 Å². The molecule has 0 saturated carbocycles. The summed E-state index contributed by atoms with van der Waals surface area (Å²) >= 11 is 0. The van der Waals surface area contributed by atoms with Crippen molar-refractivity contribution in [2.24, 2.45) is 0 Å². The van der Waals surface area contributed by atoms with E-state index in [9.17, 15) is 4.79 Å². The quantitative estimate of drug-likeness (QED) is 0.897. The molecule has 3 nitrogen and oxygen atoms in total. The Morgan fingerprint density at radius 2 is 2.05 bits per heavy atom. The SMILES string of the molecule is CCc1ccc(C(=O)N2CCC3(CCCCN3)C2)cc1. The van der Waals surface area contributed by atoms with Gasteiger partial charge in [0.15, 0.2) is 0 Å². The Morgan fingerprint density at radius 3 is 2.70 bits per heavy atom. The minimum absolute atomic E-state index is 0.192. The third-order valence-electron chi connectivity index (χ3n) is 4.83. The molecular weight excluding hydrogens is 248 g/mol. The molecule has 2 aliphatic heterocycles. The van der Waals surface area contributed by atoms with Crippen molar-refractivity contribution >= 4 is 5.91 Å². The lowest BCUT2D eigenvalue weighted by Gasteiger charge is -2.34. The van der Waals surface area contributed by atoms with Gasteiger partial charge in [0.2, 0.25) is 0 Å². The van der Waals surface area contributed by atoms with Gasteiger partial charge in [0.1, 0.15) is 0 Å². The van der Waals surface area contributed by atoms with E-state index in [1.165, 1.54) is 24.8 Å². The molecule has 1 aromatic rings. The van der Waals surface area contributed by atoms with Gasteiger partial charge in [-0.05, 0) is 49.9 Å². The third kappa shape index (κ3) is 2.59. The second-order valence-electron chi connectivity index (χ2n) is 6.19. The van der Waals surface area contributed by atoms with Crippen molar-refractivity contribution in [2.75, 3.05) is 19.6 Å². The van der Waals surface area contributed by atoms with Crippen LogP contribution in [-0.4, -0.2) is 36.0 Å². The second-order valence-corrected chi connectivity index (χ2v) is 6.19. The highest BCUT2D eigenvalue weighted by molar-refractivity contribution is 5.94. The summed E-state index contributed by atoms with van der Waals surface area (Å²) in [6.45, 7) is 5.01. The van der Waals surface area contributed by atoms with Gasteiger partial charge in [-0.15, -0.1) is 0 Å². The molecule has 2 saturated heterocycles. The Hall–Kier alpha value is -1.35. The molecule has 1 atom stereocenters. The molecule has 1 aromatic carbocycles. The molecule has 0 aromatic heterocycles. The van der Waals surface area contributed by atoms with Gasteiger partial charge in [-0.25, -0.2) is 0 Å². The molecule has 20 heavy (non-hydrogen) atoms. The van der Waals surface area contributed by atoms with Crippen molar-refractivity contribution in [3.05, 3.63) is 35.4 Å². The lowest BCUT2D eigenvalue weighted by atomic mass is 9.88. The average molecular weight is 272 g/mol. The van der Waals surface area contributed by atoms with E-state index >= 15 is 0 Å². The average Bonchev–Trinajstić information content (AvgIpc) is 2.91. The van der Waals surface area contributed by atoms with E-state index in [0.717, 1.165) is 38.0 Å². The predicted octanol–water partition coefficient (Wildman–Crippen LogP) is 2.61. The standard InChI is InChI=1S/C17H24N2O/c1-2-14-5-7-15(8-6-14)16(20)19-12-10-17(13-19)9-3-4-11-18-17/h5-8,18H,2-4,9-13H2,1H3. The predicted molar refractivity (Wildman–Crippen MR) is 80.9 cm³/mol. The molecule has 2 aliphatic rings. The van der Waals surface area contributed by atoms with Crippen LogP contribution in [-0.2, 0) is 6.42 Å². The van der Waals surface area contributed by atoms with Crippen LogP contribution in [0.25, 0.3) is 0 Å². The van der Waals surface area contributed by atoms with Gasteiger partial charge in [-0.3, -0.25) is 4.79 Å². The number of aryl methyl sites for hydroxylation is 1. The number of piperidine rings is 1. The molecular formula is C17H24N2O. The third-order valence-corrected chi connectivity index (χ3v) is 4.83. The summed E-state index contributed by atoms with van der Waals surface area (Å²) < 4.78 is 0. The molecule has 2 fully saturated rings. The van der Waals surface area contributed by atoms with Gasteiger partial charge in [-0.1, -0.05) is 25.5 Å². The first-order valence-corrected chi connectivity index (χ1v) is 7.86. The fraction of sp³-hybridized carbons (Fsp3) is 0.588. The Labute approximate surface area is 121 Å². The highest BCUT2D eigenvalue weighted by Gasteiger charge is 2.40. The molecule has 1 N–H and O–H groups in total. The number of amides is 1. The monoisotopic (exact) mass is 272 g/mol. The summed E-state index contributed by atoms with van der Waals surface area (Å²) in [5, 5.41) is 3.66. The van der Waals surface area contributed by atoms with Crippen molar-refractivity contribution < 1.29 is 4.79 Å². The Balaban J connectivity index is 1.68. The molecule has 0 aliphatic carbocycles. The van der Waals surface area contributed by atoms with E-state index in [4.69, 9.17) is 0 Å². The zero-order chi connectivity index (χ0) is 14.0. The zero-order valence-electron chi connectivity index (χ0n) is 12.3. The lowest BCUT2D eigenvalue weighted by Crippen LogP contribution is -2.50. The van der Waals surface area contributed by atoms with Crippen LogP contribution in [0.4, 0.5) is 0 Å². The van der Waals surface area contributed by atoms with E-state index in [-0.39, 0.29) is 11.4 Å². The first-order valence-electron chi connectivity index (χ1n) is 7.86. The first kappa shape index (κ1) is 13.6. The maximum atomic E-state index is 12.6. The summed E-state index contributed by atoms with van der Waals surface area (Å²) in [6.07, 6.45) is 5.90. The molecule has 3 heteroatoms. The first-order chi connectivity index (χ1) is 9.72. The van der Waals surface area contributed by atoms with Gasteiger partial charge < -0.3 is 10.2 Å². The highest BCUT2D eigenvalue weighted by Crippen LogP contribution is 2.30. The molecule has 0 radical (unpaired) electrons. The van der Waals surface area contributed by atoms with Crippen LogP contribution in [0.5, 0.6) is 0 Å². The maximum absolute atomic E-state index is 12.6. The highest BCUT2D eigenvalue weighted by atomic mass is 16.2. The van der Waals surface area contributed by atoms with Gasteiger partial charge in [-0.2, -0.15) is 0 Å². The lowest BCUT2D eigenvalue weighted by molar-refractivity contribution is 0.0775. The molecule has 1 unspecified atom stereocenters. The smallest absolute Gasteiger partial charge is 0.253 e. The van der Waals surface area contributed by atoms with Crippen molar-refractivity contribution in [1.82, 2.24) is 10.2 Å². The van der Waals surface area contributed by atoms with Gasteiger partial charge in [0.05, 0.1) is 0 Å². The maximum Gasteiger partial charge on any atom is 0.253 e. The summed E-state index contributed by atoms with van der Waals surface area (Å²) in [4.78, 5) is 14.6. The second kappa shape index (κ2) is 5.57. The molecule has 1 spiro atoms. The van der Waals surface area contributed by atoms with E-state index < -0.39 is 0 Å². The number of carbonyl (C=O) groups is 1. The molecule has 108 valence electrons.